The van der Waals surface area contributed by atoms with E-state index < -0.39 is 48.7 Å². The van der Waals surface area contributed by atoms with Crippen LogP contribution in [0.4, 0.5) is 0 Å². The van der Waals surface area contributed by atoms with Gasteiger partial charge in [0.15, 0.2) is 6.29 Å². The predicted molar refractivity (Wildman–Crippen MR) is 276 cm³/mol. The molecule has 16 N–H and O–H groups in total. The van der Waals surface area contributed by atoms with Crippen molar-refractivity contribution in [2.24, 2.45) is 17.4 Å². The molecule has 1 heterocycles. The van der Waals surface area contributed by atoms with E-state index in [1.54, 1.807) is 0 Å². The number of nitrogens with one attached hydrogen (secondary N) is 7. The Morgan fingerprint density at radius 3 is 1.43 bits per heavy atom. The summed E-state index contributed by atoms with van der Waals surface area (Å²) in [4.78, 5) is 90.9. The third-order valence-corrected chi connectivity index (χ3v) is 11.8. The van der Waals surface area contributed by atoms with E-state index in [0.29, 0.717) is 77.8 Å². The molecular formula is C49H94N10O16. The molecule has 7 amide bonds. The molecule has 0 aromatic heterocycles. The van der Waals surface area contributed by atoms with Gasteiger partial charge in [0.1, 0.15) is 36.5 Å². The number of nitrogens with two attached hydrogens (primary N) is 3. The minimum Gasteiger partial charge on any atom is -0.394 e. The Kier molecular flexibility index (Phi) is 41.2. The minimum atomic E-state index is -1.42. The van der Waals surface area contributed by atoms with Gasteiger partial charge < -0.3 is 87.7 Å². The molecule has 0 spiro atoms. The Bertz CT molecular complexity index is 1540. The third kappa shape index (κ3) is 35.7. The molecule has 26 nitrogen and oxygen atoms in total. The molecule has 436 valence electrons. The first-order valence-corrected chi connectivity index (χ1v) is 26.8. The van der Waals surface area contributed by atoms with Crippen LogP contribution in [0.15, 0.2) is 0 Å². The summed E-state index contributed by atoms with van der Waals surface area (Å²) in [6, 6.07) is -1.05. The molecule has 5 atom stereocenters. The van der Waals surface area contributed by atoms with Crippen LogP contribution in [0.5, 0.6) is 0 Å². The summed E-state index contributed by atoms with van der Waals surface area (Å²) in [5, 5.41) is 49.6. The SMILES string of the molecule is CC(=O)NC1C(O)[C@@H](O)C(CO)O[C@H]1OCCCCC(=O)NCCCNC(=O)CCOCC(COCCC(=O)NCCCN)(COCCC(=O)NCCCN)NC(=O)CCCCCCCCCCCNC(=O)CON. The van der Waals surface area contributed by atoms with Crippen molar-refractivity contribution in [3.05, 3.63) is 0 Å². The lowest BCUT2D eigenvalue weighted by Gasteiger charge is -2.42. The minimum absolute atomic E-state index is 0.00689. The van der Waals surface area contributed by atoms with Crippen LogP contribution in [0.2, 0.25) is 0 Å². The van der Waals surface area contributed by atoms with Crippen LogP contribution in [0.25, 0.3) is 0 Å². The normalized spacial score (nSPS) is 17.5. The van der Waals surface area contributed by atoms with Crippen molar-refractivity contribution < 1.29 is 77.4 Å². The maximum absolute atomic E-state index is 13.5. The number of hydrogen-bond donors (Lipinski definition) is 13. The van der Waals surface area contributed by atoms with Crippen molar-refractivity contribution in [1.82, 2.24) is 37.2 Å². The van der Waals surface area contributed by atoms with E-state index in [1.165, 1.54) is 6.92 Å². The molecule has 1 fully saturated rings. The molecule has 1 rings (SSSR count). The van der Waals surface area contributed by atoms with Crippen LogP contribution < -0.4 is 54.6 Å². The average molecular weight is 1080 g/mol. The fourth-order valence-electron chi connectivity index (χ4n) is 7.65. The summed E-state index contributed by atoms with van der Waals surface area (Å²) in [5.74, 6) is 3.04. The second kappa shape index (κ2) is 44.9. The van der Waals surface area contributed by atoms with Crippen molar-refractivity contribution in [1.29, 1.82) is 0 Å². The summed E-state index contributed by atoms with van der Waals surface area (Å²) < 4.78 is 29.2. The summed E-state index contributed by atoms with van der Waals surface area (Å²) in [6.07, 6.45) is 6.74. The number of unbranched alkanes of at least 4 members (excludes halogenated alkanes) is 9. The molecule has 1 aliphatic heterocycles. The average Bonchev–Trinajstić information content (AvgIpc) is 3.37. The van der Waals surface area contributed by atoms with Crippen LogP contribution in [-0.2, 0) is 62.1 Å². The number of carbonyl (C=O) groups is 7. The Balaban J connectivity index is 2.68. The van der Waals surface area contributed by atoms with Gasteiger partial charge in [-0.2, -0.15) is 0 Å². The number of ether oxygens (including phenoxy) is 5. The highest BCUT2D eigenvalue weighted by Gasteiger charge is 2.45. The van der Waals surface area contributed by atoms with Crippen molar-refractivity contribution in [2.75, 3.05) is 105 Å². The lowest BCUT2D eigenvalue weighted by atomic mass is 9.97. The molecule has 0 aromatic carbocycles. The van der Waals surface area contributed by atoms with E-state index in [-0.39, 0.29) is 127 Å². The smallest absolute Gasteiger partial charge is 0.248 e. The zero-order valence-electron chi connectivity index (χ0n) is 44.5. The fourth-order valence-corrected chi connectivity index (χ4v) is 7.65. The first-order valence-electron chi connectivity index (χ1n) is 26.8. The van der Waals surface area contributed by atoms with E-state index in [1.807, 2.05) is 0 Å². The predicted octanol–water partition coefficient (Wildman–Crippen LogP) is -2.35. The number of amides is 7. The second-order valence-corrected chi connectivity index (χ2v) is 18.6. The molecule has 3 unspecified atom stereocenters. The largest absolute Gasteiger partial charge is 0.394 e. The second-order valence-electron chi connectivity index (χ2n) is 18.6. The van der Waals surface area contributed by atoms with E-state index in [4.69, 9.17) is 41.0 Å². The van der Waals surface area contributed by atoms with Crippen LogP contribution in [-0.4, -0.2) is 198 Å². The summed E-state index contributed by atoms with van der Waals surface area (Å²) in [5.41, 5.74) is 9.84. The highest BCUT2D eigenvalue weighted by Crippen LogP contribution is 2.23. The molecular weight excluding hydrogens is 985 g/mol. The lowest BCUT2D eigenvalue weighted by molar-refractivity contribution is -0.270. The Morgan fingerprint density at radius 1 is 0.520 bits per heavy atom. The van der Waals surface area contributed by atoms with Gasteiger partial charge in [0, 0.05) is 78.4 Å². The van der Waals surface area contributed by atoms with Gasteiger partial charge in [-0.25, -0.2) is 5.90 Å². The fraction of sp³-hybridized carbons (Fsp3) is 0.857. The molecule has 1 saturated heterocycles. The molecule has 1 aliphatic rings. The molecule has 0 saturated carbocycles. The van der Waals surface area contributed by atoms with Gasteiger partial charge in [0.05, 0.1) is 46.2 Å². The van der Waals surface area contributed by atoms with Gasteiger partial charge in [-0.3, -0.25) is 38.4 Å². The summed E-state index contributed by atoms with van der Waals surface area (Å²) in [7, 11) is 0. The first kappa shape index (κ1) is 68.8. The highest BCUT2D eigenvalue weighted by atomic mass is 16.7. The van der Waals surface area contributed by atoms with Crippen LogP contribution in [0, 0.1) is 0 Å². The summed E-state index contributed by atoms with van der Waals surface area (Å²) >= 11 is 0. The zero-order chi connectivity index (χ0) is 55.4. The summed E-state index contributed by atoms with van der Waals surface area (Å²) in [6.45, 7) is 3.39. The molecule has 26 heteroatoms. The molecule has 0 aliphatic carbocycles. The maximum Gasteiger partial charge on any atom is 0.248 e. The third-order valence-electron chi connectivity index (χ3n) is 11.8. The first-order chi connectivity index (χ1) is 36.2. The van der Waals surface area contributed by atoms with Crippen molar-refractivity contribution in [2.45, 2.75) is 165 Å². The number of aliphatic hydroxyl groups is 3. The maximum atomic E-state index is 13.5. The zero-order valence-corrected chi connectivity index (χ0v) is 44.5. The topological polar surface area (TPSA) is 398 Å². The highest BCUT2D eigenvalue weighted by molar-refractivity contribution is 5.78. The van der Waals surface area contributed by atoms with Gasteiger partial charge in [-0.05, 0) is 58.0 Å². The van der Waals surface area contributed by atoms with Crippen LogP contribution in [0.1, 0.15) is 129 Å². The molecule has 0 aromatic rings. The number of rotatable bonds is 48. The van der Waals surface area contributed by atoms with E-state index in [9.17, 15) is 48.9 Å². The van der Waals surface area contributed by atoms with Gasteiger partial charge in [0.2, 0.25) is 41.4 Å². The van der Waals surface area contributed by atoms with Crippen LogP contribution >= 0.6 is 0 Å². The van der Waals surface area contributed by atoms with Crippen LogP contribution in [0.3, 0.4) is 0 Å². The van der Waals surface area contributed by atoms with Gasteiger partial charge in [0.25, 0.3) is 0 Å². The van der Waals surface area contributed by atoms with Gasteiger partial charge >= 0.3 is 0 Å². The molecule has 0 radical (unpaired) electrons. The monoisotopic (exact) mass is 1080 g/mol. The van der Waals surface area contributed by atoms with Crippen molar-refractivity contribution in [3.8, 4) is 0 Å². The number of aliphatic hydroxyl groups excluding tert-OH is 3. The Morgan fingerprint density at radius 2 is 0.947 bits per heavy atom. The molecule has 0 bridgehead atoms. The van der Waals surface area contributed by atoms with Gasteiger partial charge in [-0.15, -0.1) is 0 Å². The van der Waals surface area contributed by atoms with E-state index in [2.05, 4.69) is 42.1 Å². The van der Waals surface area contributed by atoms with E-state index in [0.717, 1.165) is 51.4 Å². The van der Waals surface area contributed by atoms with Crippen molar-refractivity contribution >= 4 is 41.4 Å². The lowest BCUT2D eigenvalue weighted by Crippen LogP contribution is -2.64. The Labute approximate surface area is 442 Å². The standard InChI is InChI=1S/C49H94N10O16/c1-37(61)58-45-47(69)46(68)38(32-60)75-48(45)73-28-12-10-16-39(62)55-26-15-27-56-42(65)20-31-72-36-49(34-70-29-18-40(63)53-24-13-21-50,35-71-30-19-41(64)54-25-14-22-51)59-43(66)17-9-7-5-3-2-4-6-8-11-23-57-44(67)33-74-52/h38,45-48,60,68-69H,2-36,50-52H2,1H3,(H,53,63)(H,54,64)(H,55,62)(H,56,65)(H,57,67)(H,58,61)(H,59,66)/t38?,45?,46-,47?,48+/m0/s1. The Hall–Kier alpha value is -4.19. The number of hydrogen-bond acceptors (Lipinski definition) is 19. The molecule has 75 heavy (non-hydrogen) atoms. The number of carbonyl (C=O) groups excluding carboxylic acids is 7. The quantitative estimate of drug-likeness (QED) is 0.0224. The van der Waals surface area contributed by atoms with E-state index >= 15 is 0 Å². The van der Waals surface area contributed by atoms with Gasteiger partial charge in [-0.1, -0.05) is 44.9 Å². The van der Waals surface area contributed by atoms with Crippen molar-refractivity contribution in [3.63, 3.8) is 0 Å².